The highest BCUT2D eigenvalue weighted by Crippen LogP contribution is 2.32. The molecule has 0 aliphatic heterocycles. The monoisotopic (exact) mass is 462 g/mol. The summed E-state index contributed by atoms with van der Waals surface area (Å²) in [6.45, 7) is 0. The van der Waals surface area contributed by atoms with E-state index in [1.54, 1.807) is 16.9 Å². The zero-order chi connectivity index (χ0) is 22.9. The van der Waals surface area contributed by atoms with Crippen LogP contribution in [0.5, 0.6) is 0 Å². The second-order valence-corrected chi connectivity index (χ2v) is 9.01. The minimum atomic E-state index is 0.275. The van der Waals surface area contributed by atoms with Crippen molar-refractivity contribution in [2.45, 2.75) is 37.8 Å². The highest BCUT2D eigenvalue weighted by Gasteiger charge is 2.22. The summed E-state index contributed by atoms with van der Waals surface area (Å²) in [5.74, 6) is 0.359. The van der Waals surface area contributed by atoms with Crippen LogP contribution < -0.4 is 16.8 Å². The molecule has 8 nitrogen and oxygen atoms in total. The van der Waals surface area contributed by atoms with Gasteiger partial charge in [0, 0.05) is 42.7 Å². The lowest BCUT2D eigenvalue weighted by atomic mass is 9.91. The molecule has 1 fully saturated rings. The van der Waals surface area contributed by atoms with E-state index in [9.17, 15) is 0 Å². The molecule has 33 heavy (non-hydrogen) atoms. The molecule has 0 unspecified atom stereocenters. The number of aromatic nitrogens is 4. The Morgan fingerprint density at radius 2 is 1.88 bits per heavy atom. The van der Waals surface area contributed by atoms with Gasteiger partial charge in [-0.2, -0.15) is 10.2 Å². The Morgan fingerprint density at radius 3 is 2.61 bits per heavy atom. The highest BCUT2D eigenvalue weighted by molar-refractivity contribution is 6.33. The van der Waals surface area contributed by atoms with E-state index in [1.807, 2.05) is 48.4 Å². The molecular formula is C24H27ClN8. The first kappa shape index (κ1) is 21.5. The minimum absolute atomic E-state index is 0.275. The summed E-state index contributed by atoms with van der Waals surface area (Å²) in [5.41, 5.74) is 17.9. The largest absolute Gasteiger partial charge is 0.383 e. The van der Waals surface area contributed by atoms with Crippen LogP contribution in [0.25, 0.3) is 16.6 Å². The van der Waals surface area contributed by atoms with Crippen molar-refractivity contribution < 1.29 is 0 Å². The average molecular weight is 463 g/mol. The van der Waals surface area contributed by atoms with Crippen molar-refractivity contribution in [3.8, 4) is 11.1 Å². The molecule has 9 heteroatoms. The SMILES string of the molecule is Cn1cc(-c2cc3c(NC4CCC(N)CC4)c(/C(N)=N/c4ccccc4Cl)cnn3c2)cn1. The molecule has 0 bridgehead atoms. The molecule has 0 spiro atoms. The maximum absolute atomic E-state index is 6.50. The Balaban J connectivity index is 1.60. The first-order valence-electron chi connectivity index (χ1n) is 11.1. The number of para-hydroxylation sites is 1. The van der Waals surface area contributed by atoms with Gasteiger partial charge in [-0.05, 0) is 43.9 Å². The van der Waals surface area contributed by atoms with Crippen molar-refractivity contribution >= 4 is 34.3 Å². The van der Waals surface area contributed by atoms with Gasteiger partial charge in [-0.3, -0.25) is 4.68 Å². The summed E-state index contributed by atoms with van der Waals surface area (Å²) >= 11 is 6.32. The fourth-order valence-corrected chi connectivity index (χ4v) is 4.51. The molecule has 1 aliphatic carbocycles. The van der Waals surface area contributed by atoms with E-state index in [2.05, 4.69) is 26.6 Å². The summed E-state index contributed by atoms with van der Waals surface area (Å²) in [6.07, 6.45) is 11.6. The summed E-state index contributed by atoms with van der Waals surface area (Å²) in [4.78, 5) is 4.61. The van der Waals surface area contributed by atoms with Gasteiger partial charge in [0.1, 0.15) is 5.84 Å². The Kier molecular flexibility index (Phi) is 5.78. The van der Waals surface area contributed by atoms with Gasteiger partial charge in [0.25, 0.3) is 0 Å². The number of hydrogen-bond donors (Lipinski definition) is 3. The van der Waals surface area contributed by atoms with Crippen molar-refractivity contribution in [1.29, 1.82) is 0 Å². The molecule has 4 aromatic rings. The van der Waals surface area contributed by atoms with Gasteiger partial charge < -0.3 is 16.8 Å². The second-order valence-electron chi connectivity index (χ2n) is 8.60. The topological polar surface area (TPSA) is 112 Å². The third-order valence-corrected chi connectivity index (χ3v) is 6.48. The summed E-state index contributed by atoms with van der Waals surface area (Å²) in [6, 6.07) is 10.1. The lowest BCUT2D eigenvalue weighted by Crippen LogP contribution is -2.33. The number of aryl methyl sites for hydroxylation is 1. The minimum Gasteiger partial charge on any atom is -0.383 e. The third kappa shape index (κ3) is 4.44. The predicted octanol–water partition coefficient (Wildman–Crippen LogP) is 4.11. The molecule has 0 atom stereocenters. The van der Waals surface area contributed by atoms with Crippen molar-refractivity contribution in [3.63, 3.8) is 0 Å². The van der Waals surface area contributed by atoms with Crippen molar-refractivity contribution in [3.05, 3.63) is 65.7 Å². The molecule has 1 saturated carbocycles. The van der Waals surface area contributed by atoms with Gasteiger partial charge in [-0.15, -0.1) is 0 Å². The van der Waals surface area contributed by atoms with E-state index in [1.165, 1.54) is 0 Å². The van der Waals surface area contributed by atoms with Crippen LogP contribution in [0, 0.1) is 0 Å². The van der Waals surface area contributed by atoms with Crippen LogP contribution in [-0.2, 0) is 7.05 Å². The number of rotatable bonds is 5. The van der Waals surface area contributed by atoms with Gasteiger partial charge in [0.15, 0.2) is 0 Å². The predicted molar refractivity (Wildman–Crippen MR) is 133 cm³/mol. The maximum Gasteiger partial charge on any atom is 0.135 e. The van der Waals surface area contributed by atoms with E-state index in [0.717, 1.165) is 53.6 Å². The van der Waals surface area contributed by atoms with Crippen molar-refractivity contribution in [2.24, 2.45) is 23.5 Å². The molecule has 3 aromatic heterocycles. The van der Waals surface area contributed by atoms with Crippen molar-refractivity contribution in [1.82, 2.24) is 19.4 Å². The number of nitrogens with two attached hydrogens (primary N) is 2. The lowest BCUT2D eigenvalue weighted by molar-refractivity contribution is 0.411. The standard InChI is InChI=1S/C24H27ClN8/c1-32-13-16(11-28-32)15-10-22-23(30-18-8-6-17(26)7-9-18)19(12-29-33(22)14-15)24(27)31-21-5-3-2-4-20(21)25/h2-5,10-14,17-18,30H,6-9,26H2,1H3,(H2,27,31). The fourth-order valence-electron chi connectivity index (χ4n) is 4.33. The summed E-state index contributed by atoms with van der Waals surface area (Å²) in [7, 11) is 1.91. The third-order valence-electron chi connectivity index (χ3n) is 6.16. The van der Waals surface area contributed by atoms with E-state index in [4.69, 9.17) is 23.1 Å². The lowest BCUT2D eigenvalue weighted by Gasteiger charge is -2.28. The van der Waals surface area contributed by atoms with Crippen LogP contribution in [0.3, 0.4) is 0 Å². The zero-order valence-electron chi connectivity index (χ0n) is 18.4. The molecule has 0 saturated heterocycles. The number of hydrogen-bond acceptors (Lipinski definition) is 5. The molecule has 0 radical (unpaired) electrons. The molecule has 5 N–H and O–H groups in total. The zero-order valence-corrected chi connectivity index (χ0v) is 19.2. The number of halogens is 1. The summed E-state index contributed by atoms with van der Waals surface area (Å²) in [5, 5.41) is 13.2. The van der Waals surface area contributed by atoms with Crippen LogP contribution in [0.2, 0.25) is 5.02 Å². The Labute approximate surface area is 197 Å². The van der Waals surface area contributed by atoms with Crippen LogP contribution in [-0.4, -0.2) is 37.3 Å². The highest BCUT2D eigenvalue weighted by atomic mass is 35.5. The molecule has 5 rings (SSSR count). The fraction of sp³-hybridized carbons (Fsp3) is 0.292. The summed E-state index contributed by atoms with van der Waals surface area (Å²) < 4.78 is 3.65. The Hall–Kier alpha value is -3.36. The molecule has 1 aliphatic rings. The van der Waals surface area contributed by atoms with Crippen LogP contribution >= 0.6 is 11.6 Å². The van der Waals surface area contributed by atoms with Crippen LogP contribution in [0.1, 0.15) is 31.2 Å². The first-order valence-corrected chi connectivity index (χ1v) is 11.5. The average Bonchev–Trinajstić information content (AvgIpc) is 3.43. The first-order chi connectivity index (χ1) is 16.0. The van der Waals surface area contributed by atoms with E-state index in [0.29, 0.717) is 22.6 Å². The van der Waals surface area contributed by atoms with Gasteiger partial charge in [0.05, 0.1) is 39.9 Å². The normalized spacial score (nSPS) is 19.2. The molecule has 3 heterocycles. The molecule has 170 valence electrons. The smallest absolute Gasteiger partial charge is 0.135 e. The van der Waals surface area contributed by atoms with Gasteiger partial charge >= 0.3 is 0 Å². The van der Waals surface area contributed by atoms with Crippen LogP contribution in [0.15, 0.2) is 60.1 Å². The van der Waals surface area contributed by atoms with Crippen molar-refractivity contribution in [2.75, 3.05) is 5.32 Å². The number of anilines is 1. The quantitative estimate of drug-likeness (QED) is 0.305. The number of nitrogens with one attached hydrogen (secondary N) is 1. The van der Waals surface area contributed by atoms with Gasteiger partial charge in [0.2, 0.25) is 0 Å². The van der Waals surface area contributed by atoms with E-state index < -0.39 is 0 Å². The Bertz CT molecular complexity index is 1310. The molecule has 1 aromatic carbocycles. The van der Waals surface area contributed by atoms with Crippen LogP contribution in [0.4, 0.5) is 11.4 Å². The van der Waals surface area contributed by atoms with E-state index >= 15 is 0 Å². The number of nitrogens with zero attached hydrogens (tertiary/aromatic N) is 5. The maximum atomic E-state index is 6.50. The second kappa shape index (κ2) is 8.88. The molecular weight excluding hydrogens is 436 g/mol. The number of fused-ring (bicyclic) bond motifs is 1. The van der Waals surface area contributed by atoms with Gasteiger partial charge in [-0.25, -0.2) is 9.51 Å². The Morgan fingerprint density at radius 1 is 1.09 bits per heavy atom. The number of amidine groups is 1. The van der Waals surface area contributed by atoms with Gasteiger partial charge in [-0.1, -0.05) is 23.7 Å². The number of benzene rings is 1. The van der Waals surface area contributed by atoms with E-state index in [-0.39, 0.29) is 6.04 Å². The number of aliphatic imine (C=N–C) groups is 1. The molecule has 0 amide bonds.